The molecule has 7 N–H and O–H groups in total. The van der Waals surface area contributed by atoms with Crippen molar-refractivity contribution in [1.29, 1.82) is 0 Å². The number of thioether (sulfide) groups is 1. The van der Waals surface area contributed by atoms with Crippen LogP contribution < -0.4 is 21.7 Å². The minimum atomic E-state index is -1.26. The van der Waals surface area contributed by atoms with Crippen LogP contribution in [0.15, 0.2) is 54.6 Å². The molecule has 194 valence electrons. The molecule has 0 fully saturated rings. The van der Waals surface area contributed by atoms with Crippen LogP contribution in [0.1, 0.15) is 17.5 Å². The maximum absolute atomic E-state index is 13.2. The maximum atomic E-state index is 13.2. The number of carbonyl (C=O) groups excluding carboxylic acids is 3. The molecule has 2 aromatic rings. The zero-order valence-corrected chi connectivity index (χ0v) is 20.8. The number of carbonyl (C=O) groups is 4. The maximum Gasteiger partial charge on any atom is 0.326 e. The molecule has 0 saturated heterocycles. The highest BCUT2D eigenvalue weighted by atomic mass is 32.2. The topological polar surface area (TPSA) is 171 Å². The fourth-order valence-corrected chi connectivity index (χ4v) is 3.90. The Labute approximate surface area is 214 Å². The quantitative estimate of drug-likeness (QED) is 0.210. The van der Waals surface area contributed by atoms with Gasteiger partial charge in [-0.05, 0) is 41.7 Å². The van der Waals surface area contributed by atoms with Crippen LogP contribution in [0.4, 0.5) is 0 Å². The third kappa shape index (κ3) is 9.59. The molecule has 0 heterocycles. The summed E-state index contributed by atoms with van der Waals surface area (Å²) in [5.74, 6) is -2.35. The standard InChI is InChI=1S/C25H32N4O6S/c1-36-12-11-19(27-22(31)15-26)23(32)28-20(13-16-5-3-2-4-6-16)24(33)29-21(25(34)35)14-17-7-9-18(30)10-8-17/h2-10,19-21,30H,11-15,26H2,1H3,(H,27,31)(H,28,32)(H,29,33)(H,34,35). The van der Waals surface area contributed by atoms with E-state index in [0.29, 0.717) is 17.7 Å². The molecule has 0 aliphatic heterocycles. The fourth-order valence-electron chi connectivity index (χ4n) is 3.43. The largest absolute Gasteiger partial charge is 0.508 e. The molecule has 0 aliphatic rings. The predicted octanol–water partition coefficient (Wildman–Crippen LogP) is 0.428. The molecule has 36 heavy (non-hydrogen) atoms. The lowest BCUT2D eigenvalue weighted by atomic mass is 10.0. The SMILES string of the molecule is CSCCC(NC(=O)CN)C(=O)NC(Cc1ccccc1)C(=O)NC(Cc1ccc(O)cc1)C(=O)O. The number of nitrogens with one attached hydrogen (secondary N) is 3. The van der Waals surface area contributed by atoms with Crippen molar-refractivity contribution in [3.8, 4) is 5.75 Å². The third-order valence-electron chi connectivity index (χ3n) is 5.35. The van der Waals surface area contributed by atoms with Gasteiger partial charge < -0.3 is 31.9 Å². The molecule has 0 radical (unpaired) electrons. The van der Waals surface area contributed by atoms with E-state index in [9.17, 15) is 29.4 Å². The Bertz CT molecular complexity index is 1020. The monoisotopic (exact) mass is 516 g/mol. The first-order chi connectivity index (χ1) is 17.2. The van der Waals surface area contributed by atoms with Crippen LogP contribution in [-0.2, 0) is 32.0 Å². The van der Waals surface area contributed by atoms with Crippen molar-refractivity contribution in [3.05, 3.63) is 65.7 Å². The fraction of sp³-hybridized carbons (Fsp3) is 0.360. The van der Waals surface area contributed by atoms with Gasteiger partial charge in [0.2, 0.25) is 17.7 Å². The van der Waals surface area contributed by atoms with Crippen molar-refractivity contribution in [1.82, 2.24) is 16.0 Å². The second-order valence-corrected chi connectivity index (χ2v) is 9.11. The van der Waals surface area contributed by atoms with Crippen molar-refractivity contribution in [2.45, 2.75) is 37.4 Å². The number of amides is 3. The molecule has 3 amide bonds. The Morgan fingerprint density at radius 2 is 1.39 bits per heavy atom. The van der Waals surface area contributed by atoms with Crippen molar-refractivity contribution < 1.29 is 29.4 Å². The summed E-state index contributed by atoms with van der Waals surface area (Å²) in [6.07, 6.45) is 2.29. The van der Waals surface area contributed by atoms with Crippen molar-refractivity contribution in [3.63, 3.8) is 0 Å². The van der Waals surface area contributed by atoms with E-state index in [4.69, 9.17) is 5.73 Å². The summed E-state index contributed by atoms with van der Waals surface area (Å²) in [5, 5.41) is 26.9. The summed E-state index contributed by atoms with van der Waals surface area (Å²) in [6.45, 7) is -0.283. The van der Waals surface area contributed by atoms with Crippen LogP contribution in [0, 0.1) is 0 Å². The van der Waals surface area contributed by atoms with E-state index in [0.717, 1.165) is 5.56 Å². The average molecular weight is 517 g/mol. The zero-order chi connectivity index (χ0) is 26.5. The van der Waals surface area contributed by atoms with Gasteiger partial charge in [0, 0.05) is 12.8 Å². The van der Waals surface area contributed by atoms with Gasteiger partial charge in [0.25, 0.3) is 0 Å². The Hall–Kier alpha value is -3.57. The average Bonchev–Trinajstić information content (AvgIpc) is 2.87. The van der Waals surface area contributed by atoms with Gasteiger partial charge in [-0.1, -0.05) is 42.5 Å². The van der Waals surface area contributed by atoms with Gasteiger partial charge in [-0.2, -0.15) is 11.8 Å². The van der Waals surface area contributed by atoms with Crippen LogP contribution in [0.2, 0.25) is 0 Å². The van der Waals surface area contributed by atoms with Gasteiger partial charge in [0.1, 0.15) is 23.9 Å². The Morgan fingerprint density at radius 3 is 1.97 bits per heavy atom. The van der Waals surface area contributed by atoms with E-state index in [-0.39, 0.29) is 25.1 Å². The van der Waals surface area contributed by atoms with Crippen molar-refractivity contribution in [2.75, 3.05) is 18.6 Å². The molecule has 11 heteroatoms. The number of aromatic hydroxyl groups is 1. The highest BCUT2D eigenvalue weighted by Crippen LogP contribution is 2.12. The third-order valence-corrected chi connectivity index (χ3v) is 6.00. The highest BCUT2D eigenvalue weighted by molar-refractivity contribution is 7.98. The van der Waals surface area contributed by atoms with E-state index in [2.05, 4.69) is 16.0 Å². The number of rotatable bonds is 14. The van der Waals surface area contributed by atoms with Gasteiger partial charge >= 0.3 is 5.97 Å². The summed E-state index contributed by atoms with van der Waals surface area (Å²) in [4.78, 5) is 50.0. The molecule has 3 unspecified atom stereocenters. The van der Waals surface area contributed by atoms with Crippen LogP contribution in [-0.4, -0.2) is 70.6 Å². The molecule has 0 saturated carbocycles. The van der Waals surface area contributed by atoms with Crippen LogP contribution in [0.5, 0.6) is 5.75 Å². The second kappa shape index (κ2) is 14.7. The lowest BCUT2D eigenvalue weighted by Crippen LogP contribution is -2.57. The smallest absolute Gasteiger partial charge is 0.326 e. The molecule has 3 atom stereocenters. The van der Waals surface area contributed by atoms with Gasteiger partial charge in [-0.3, -0.25) is 14.4 Å². The number of hydrogen-bond donors (Lipinski definition) is 6. The summed E-state index contributed by atoms with van der Waals surface area (Å²) >= 11 is 1.50. The number of phenolic OH excluding ortho intramolecular Hbond substituents is 1. The van der Waals surface area contributed by atoms with Gasteiger partial charge in [0.15, 0.2) is 0 Å². The molecule has 0 bridgehead atoms. The predicted molar refractivity (Wildman–Crippen MR) is 137 cm³/mol. The van der Waals surface area contributed by atoms with E-state index >= 15 is 0 Å². The van der Waals surface area contributed by atoms with Gasteiger partial charge in [-0.15, -0.1) is 0 Å². The molecule has 0 spiro atoms. The Balaban J connectivity index is 2.21. The lowest BCUT2D eigenvalue weighted by Gasteiger charge is -2.24. The minimum Gasteiger partial charge on any atom is -0.508 e. The number of carboxylic acids is 1. The molecule has 2 aromatic carbocycles. The van der Waals surface area contributed by atoms with Crippen LogP contribution >= 0.6 is 11.8 Å². The van der Waals surface area contributed by atoms with Gasteiger partial charge in [-0.25, -0.2) is 4.79 Å². The first-order valence-electron chi connectivity index (χ1n) is 11.4. The van der Waals surface area contributed by atoms with Gasteiger partial charge in [0.05, 0.1) is 6.54 Å². The zero-order valence-electron chi connectivity index (χ0n) is 20.0. The highest BCUT2D eigenvalue weighted by Gasteiger charge is 2.29. The molecule has 0 aromatic heterocycles. The normalized spacial score (nSPS) is 13.2. The van der Waals surface area contributed by atoms with Crippen LogP contribution in [0.25, 0.3) is 0 Å². The second-order valence-electron chi connectivity index (χ2n) is 8.13. The molecule has 0 aliphatic carbocycles. The molecular weight excluding hydrogens is 484 g/mol. The Kier molecular flexibility index (Phi) is 11.7. The lowest BCUT2D eigenvalue weighted by molar-refractivity contribution is -0.142. The van der Waals surface area contributed by atoms with E-state index in [1.165, 1.54) is 23.9 Å². The number of carboxylic acid groups (broad SMARTS) is 1. The molecular formula is C25H32N4O6S. The summed E-state index contributed by atoms with van der Waals surface area (Å²) < 4.78 is 0. The molecule has 10 nitrogen and oxygen atoms in total. The number of phenols is 1. The first kappa shape index (κ1) is 28.7. The summed E-state index contributed by atoms with van der Waals surface area (Å²) in [7, 11) is 0. The van der Waals surface area contributed by atoms with E-state index in [1.807, 2.05) is 12.3 Å². The Morgan fingerprint density at radius 1 is 0.833 bits per heavy atom. The van der Waals surface area contributed by atoms with E-state index < -0.39 is 41.8 Å². The summed E-state index contributed by atoms with van der Waals surface area (Å²) in [5.41, 5.74) is 6.73. The number of benzene rings is 2. The minimum absolute atomic E-state index is 0.0176. The van der Waals surface area contributed by atoms with Crippen molar-refractivity contribution in [2.24, 2.45) is 5.73 Å². The van der Waals surface area contributed by atoms with E-state index in [1.54, 1.807) is 36.4 Å². The molecule has 2 rings (SSSR count). The van der Waals surface area contributed by atoms with Crippen molar-refractivity contribution >= 4 is 35.5 Å². The number of aliphatic carboxylic acids is 1. The number of nitrogens with two attached hydrogens (primary N) is 1. The van der Waals surface area contributed by atoms with Crippen LogP contribution in [0.3, 0.4) is 0 Å². The first-order valence-corrected chi connectivity index (χ1v) is 12.8. The summed E-state index contributed by atoms with van der Waals surface area (Å²) in [6, 6.07) is 11.7. The number of hydrogen-bond acceptors (Lipinski definition) is 7.